The van der Waals surface area contributed by atoms with Crippen molar-refractivity contribution in [2.24, 2.45) is 0 Å². The second kappa shape index (κ2) is 6.89. The third-order valence-electron chi connectivity index (χ3n) is 3.30. The van der Waals surface area contributed by atoms with Gasteiger partial charge >= 0.3 is 6.18 Å². The van der Waals surface area contributed by atoms with Gasteiger partial charge in [-0.3, -0.25) is 0 Å². The van der Waals surface area contributed by atoms with Gasteiger partial charge in [0.25, 0.3) is 0 Å². The number of nitrogens with one attached hydrogen (secondary N) is 1. The Labute approximate surface area is 125 Å². The first-order chi connectivity index (χ1) is 10.4. The van der Waals surface area contributed by atoms with Crippen LogP contribution in [0.4, 0.5) is 17.6 Å². The molecule has 2 rings (SSSR count). The zero-order valence-electron chi connectivity index (χ0n) is 11.6. The molecule has 22 heavy (non-hydrogen) atoms. The molecule has 0 amide bonds. The lowest BCUT2D eigenvalue weighted by atomic mass is 10.1. The summed E-state index contributed by atoms with van der Waals surface area (Å²) in [6.45, 7) is -0.361. The van der Waals surface area contributed by atoms with E-state index in [1.54, 1.807) is 24.3 Å². The molecule has 0 unspecified atom stereocenters. The summed E-state index contributed by atoms with van der Waals surface area (Å²) in [5.74, 6) is -0.717. The van der Waals surface area contributed by atoms with Crippen LogP contribution in [0.5, 0.6) is 0 Å². The second-order valence-electron chi connectivity index (χ2n) is 4.83. The van der Waals surface area contributed by atoms with Gasteiger partial charge in [-0.2, -0.15) is 13.2 Å². The molecule has 2 aromatic rings. The van der Waals surface area contributed by atoms with E-state index in [0.29, 0.717) is 6.07 Å². The Morgan fingerprint density at radius 1 is 1.05 bits per heavy atom. The minimum absolute atomic E-state index is 0.0933. The number of rotatable bonds is 5. The molecule has 0 aliphatic carbocycles. The van der Waals surface area contributed by atoms with Crippen molar-refractivity contribution >= 4 is 0 Å². The largest absolute Gasteiger partial charge is 0.416 e. The highest BCUT2D eigenvalue weighted by atomic mass is 19.4. The van der Waals surface area contributed by atoms with E-state index < -0.39 is 23.6 Å². The molecular formula is C16H15F4NO. The fourth-order valence-electron chi connectivity index (χ4n) is 2.09. The van der Waals surface area contributed by atoms with Gasteiger partial charge in [0, 0.05) is 12.1 Å². The third-order valence-corrected chi connectivity index (χ3v) is 3.30. The monoisotopic (exact) mass is 313 g/mol. The number of hydrogen-bond donors (Lipinski definition) is 2. The van der Waals surface area contributed by atoms with E-state index in [9.17, 15) is 22.7 Å². The number of hydrogen-bond acceptors (Lipinski definition) is 2. The van der Waals surface area contributed by atoms with Crippen molar-refractivity contribution in [3.8, 4) is 0 Å². The predicted molar refractivity (Wildman–Crippen MR) is 74.5 cm³/mol. The van der Waals surface area contributed by atoms with Gasteiger partial charge in [0.1, 0.15) is 5.82 Å². The van der Waals surface area contributed by atoms with E-state index in [2.05, 4.69) is 5.32 Å². The van der Waals surface area contributed by atoms with Crippen LogP contribution in [-0.2, 0) is 12.7 Å². The molecule has 2 aromatic carbocycles. The zero-order chi connectivity index (χ0) is 16.2. The minimum Gasteiger partial charge on any atom is -0.394 e. The molecule has 0 aliphatic rings. The summed E-state index contributed by atoms with van der Waals surface area (Å²) >= 11 is 0. The summed E-state index contributed by atoms with van der Waals surface area (Å²) in [7, 11) is 0. The number of aliphatic hydroxyl groups excluding tert-OH is 1. The molecule has 0 saturated heterocycles. The first kappa shape index (κ1) is 16.5. The van der Waals surface area contributed by atoms with Crippen LogP contribution in [0.25, 0.3) is 0 Å². The molecule has 2 N–H and O–H groups in total. The smallest absolute Gasteiger partial charge is 0.394 e. The molecule has 0 bridgehead atoms. The second-order valence-corrected chi connectivity index (χ2v) is 4.83. The molecule has 0 fully saturated rings. The van der Waals surface area contributed by atoms with E-state index in [0.717, 1.165) is 17.7 Å². The predicted octanol–water partition coefficient (Wildman–Crippen LogP) is 3.67. The lowest BCUT2D eigenvalue weighted by Crippen LogP contribution is -2.24. The Morgan fingerprint density at radius 3 is 2.32 bits per heavy atom. The van der Waals surface area contributed by atoms with Crippen LogP contribution >= 0.6 is 0 Å². The van der Waals surface area contributed by atoms with Crippen LogP contribution in [0.15, 0.2) is 48.5 Å². The van der Waals surface area contributed by atoms with Gasteiger partial charge in [0.05, 0.1) is 18.2 Å². The zero-order valence-corrected chi connectivity index (χ0v) is 11.6. The summed E-state index contributed by atoms with van der Waals surface area (Å²) < 4.78 is 51.6. The van der Waals surface area contributed by atoms with Gasteiger partial charge in [-0.15, -0.1) is 0 Å². The van der Waals surface area contributed by atoms with Crippen molar-refractivity contribution in [1.82, 2.24) is 5.32 Å². The van der Waals surface area contributed by atoms with Crippen molar-refractivity contribution < 1.29 is 22.7 Å². The fourth-order valence-corrected chi connectivity index (χ4v) is 2.09. The van der Waals surface area contributed by atoms with Crippen LogP contribution in [0.2, 0.25) is 0 Å². The maximum absolute atomic E-state index is 13.6. The average molecular weight is 313 g/mol. The van der Waals surface area contributed by atoms with Crippen molar-refractivity contribution in [2.45, 2.75) is 18.8 Å². The van der Waals surface area contributed by atoms with Gasteiger partial charge in [0.15, 0.2) is 0 Å². The first-order valence-corrected chi connectivity index (χ1v) is 6.66. The minimum atomic E-state index is -4.52. The Bertz CT molecular complexity index is 613. The first-order valence-electron chi connectivity index (χ1n) is 6.66. The van der Waals surface area contributed by atoms with Gasteiger partial charge in [-0.25, -0.2) is 4.39 Å². The van der Waals surface area contributed by atoms with Gasteiger partial charge in [-0.05, 0) is 23.8 Å². The third kappa shape index (κ3) is 4.05. The van der Waals surface area contributed by atoms with E-state index in [4.69, 9.17) is 0 Å². The van der Waals surface area contributed by atoms with Crippen molar-refractivity contribution in [2.75, 3.05) is 6.61 Å². The summed E-state index contributed by atoms with van der Waals surface area (Å²) in [5.41, 5.74) is -0.215. The molecule has 1 atom stereocenters. The lowest BCUT2D eigenvalue weighted by Gasteiger charge is -2.17. The highest BCUT2D eigenvalue weighted by Crippen LogP contribution is 2.30. The Hall–Kier alpha value is -1.92. The Morgan fingerprint density at radius 2 is 1.73 bits per heavy atom. The molecule has 0 aromatic heterocycles. The fraction of sp³-hybridized carbons (Fsp3) is 0.250. The summed E-state index contributed by atoms with van der Waals surface area (Å²) in [4.78, 5) is 0. The normalized spacial score (nSPS) is 13.1. The van der Waals surface area contributed by atoms with Crippen LogP contribution < -0.4 is 5.32 Å². The van der Waals surface area contributed by atoms with E-state index in [1.807, 2.05) is 6.07 Å². The van der Waals surface area contributed by atoms with E-state index in [-0.39, 0.29) is 18.7 Å². The molecular weight excluding hydrogens is 298 g/mol. The van der Waals surface area contributed by atoms with Crippen LogP contribution in [-0.4, -0.2) is 11.7 Å². The Kier molecular flexibility index (Phi) is 5.15. The van der Waals surface area contributed by atoms with Crippen LogP contribution in [0.3, 0.4) is 0 Å². The molecule has 0 saturated carbocycles. The molecule has 2 nitrogen and oxygen atoms in total. The highest BCUT2D eigenvalue weighted by molar-refractivity contribution is 5.27. The topological polar surface area (TPSA) is 32.3 Å². The summed E-state index contributed by atoms with van der Waals surface area (Å²) in [5, 5.41) is 12.2. The summed E-state index contributed by atoms with van der Waals surface area (Å²) in [6.07, 6.45) is -4.52. The standard InChI is InChI=1S/C16H15F4NO/c17-14-7-6-13(16(18,19)20)8-12(14)9-21-15(10-22)11-4-2-1-3-5-11/h1-8,15,21-22H,9-10H2/t15-/m1/s1. The maximum atomic E-state index is 13.6. The van der Waals surface area contributed by atoms with Crippen molar-refractivity contribution in [1.29, 1.82) is 0 Å². The number of benzene rings is 2. The van der Waals surface area contributed by atoms with Crippen LogP contribution in [0, 0.1) is 5.82 Å². The Balaban J connectivity index is 2.13. The highest BCUT2D eigenvalue weighted by Gasteiger charge is 2.31. The van der Waals surface area contributed by atoms with Crippen molar-refractivity contribution in [3.05, 3.63) is 71.0 Å². The van der Waals surface area contributed by atoms with Crippen molar-refractivity contribution in [3.63, 3.8) is 0 Å². The van der Waals surface area contributed by atoms with E-state index in [1.165, 1.54) is 0 Å². The average Bonchev–Trinajstić information content (AvgIpc) is 2.49. The molecule has 0 radical (unpaired) electrons. The number of alkyl halides is 3. The lowest BCUT2D eigenvalue weighted by molar-refractivity contribution is -0.137. The van der Waals surface area contributed by atoms with Gasteiger partial charge < -0.3 is 10.4 Å². The molecule has 0 heterocycles. The maximum Gasteiger partial charge on any atom is 0.416 e. The number of aliphatic hydroxyl groups is 1. The molecule has 0 aliphatic heterocycles. The quantitative estimate of drug-likeness (QED) is 0.826. The molecule has 6 heteroatoms. The van der Waals surface area contributed by atoms with E-state index >= 15 is 0 Å². The molecule has 0 spiro atoms. The van der Waals surface area contributed by atoms with Crippen LogP contribution in [0.1, 0.15) is 22.7 Å². The number of halogens is 4. The SMILES string of the molecule is OC[C@@H](NCc1cc(C(F)(F)F)ccc1F)c1ccccc1. The molecule has 118 valence electrons. The van der Waals surface area contributed by atoms with Gasteiger partial charge in [0.2, 0.25) is 0 Å². The summed E-state index contributed by atoms with van der Waals surface area (Å²) in [6, 6.07) is 10.7. The van der Waals surface area contributed by atoms with Gasteiger partial charge in [-0.1, -0.05) is 30.3 Å².